The lowest BCUT2D eigenvalue weighted by molar-refractivity contribution is 0.882. The van der Waals surface area contributed by atoms with E-state index in [1.165, 1.54) is 16.7 Å². The van der Waals surface area contributed by atoms with Crippen molar-refractivity contribution in [3.63, 3.8) is 0 Å². The highest BCUT2D eigenvalue weighted by atomic mass is 14.9. The zero-order valence-corrected chi connectivity index (χ0v) is 12.7. The molecular weight excluding hydrogens is 256 g/mol. The molecule has 0 radical (unpaired) electrons. The van der Waals surface area contributed by atoms with Gasteiger partial charge in [0.25, 0.3) is 0 Å². The Morgan fingerprint density at radius 2 is 1.67 bits per heavy atom. The van der Waals surface area contributed by atoms with Gasteiger partial charge in [0, 0.05) is 17.6 Å². The molecule has 0 aliphatic heterocycles. The molecule has 0 bridgehead atoms. The second kappa shape index (κ2) is 5.57. The summed E-state index contributed by atoms with van der Waals surface area (Å²) in [4.78, 5) is 4.50. The van der Waals surface area contributed by atoms with E-state index in [-0.39, 0.29) is 6.04 Å². The van der Waals surface area contributed by atoms with Gasteiger partial charge in [-0.2, -0.15) is 0 Å². The highest BCUT2D eigenvalue weighted by molar-refractivity contribution is 5.90. The summed E-state index contributed by atoms with van der Waals surface area (Å²) in [5.74, 6) is 0. The summed E-state index contributed by atoms with van der Waals surface area (Å²) >= 11 is 0. The van der Waals surface area contributed by atoms with Gasteiger partial charge in [-0.1, -0.05) is 47.5 Å². The van der Waals surface area contributed by atoms with Crippen LogP contribution in [0.5, 0.6) is 0 Å². The number of rotatable bonds is 3. The smallest absolute Gasteiger partial charge is 0.0933 e. The molecule has 0 amide bonds. The van der Waals surface area contributed by atoms with Crippen LogP contribution in [0.2, 0.25) is 0 Å². The maximum Gasteiger partial charge on any atom is 0.0933 e. The molecule has 2 nitrogen and oxygen atoms in total. The van der Waals surface area contributed by atoms with Crippen molar-refractivity contribution in [1.29, 1.82) is 0 Å². The van der Waals surface area contributed by atoms with E-state index < -0.39 is 0 Å². The Labute approximate surface area is 125 Å². The molecule has 3 rings (SSSR count). The van der Waals surface area contributed by atoms with E-state index >= 15 is 0 Å². The number of nitrogens with zero attached hydrogens (tertiary/aromatic N) is 1. The third-order valence-corrected chi connectivity index (χ3v) is 3.75. The standard InChI is InChI=1S/C19H20N2/c1-13-10-14(2)12-17(11-13)15(3)21-18-8-4-6-16-7-5-9-20-19(16)18/h4-12,15,21H,1-3H3. The molecule has 1 aromatic heterocycles. The second-order valence-electron chi connectivity index (χ2n) is 5.67. The number of anilines is 1. The van der Waals surface area contributed by atoms with Crippen LogP contribution < -0.4 is 5.32 Å². The molecule has 0 saturated heterocycles. The van der Waals surface area contributed by atoms with Crippen LogP contribution in [-0.4, -0.2) is 4.98 Å². The second-order valence-corrected chi connectivity index (χ2v) is 5.67. The maximum atomic E-state index is 4.50. The van der Waals surface area contributed by atoms with Gasteiger partial charge >= 0.3 is 0 Å². The largest absolute Gasteiger partial charge is 0.377 e. The number of hydrogen-bond acceptors (Lipinski definition) is 2. The molecule has 1 heterocycles. The van der Waals surface area contributed by atoms with Gasteiger partial charge in [0.05, 0.1) is 11.2 Å². The normalized spacial score (nSPS) is 12.3. The van der Waals surface area contributed by atoms with Crippen molar-refractivity contribution in [2.45, 2.75) is 26.8 Å². The average Bonchev–Trinajstić information content (AvgIpc) is 2.46. The summed E-state index contributed by atoms with van der Waals surface area (Å²) in [6.45, 7) is 6.47. The Morgan fingerprint density at radius 3 is 2.43 bits per heavy atom. The topological polar surface area (TPSA) is 24.9 Å². The number of aryl methyl sites for hydroxylation is 2. The first-order valence-electron chi connectivity index (χ1n) is 7.32. The molecule has 1 unspecified atom stereocenters. The molecule has 0 aliphatic rings. The number of benzene rings is 2. The first-order chi connectivity index (χ1) is 10.1. The monoisotopic (exact) mass is 276 g/mol. The van der Waals surface area contributed by atoms with E-state index in [1.54, 1.807) is 0 Å². The molecule has 0 fully saturated rings. The molecule has 2 aromatic carbocycles. The van der Waals surface area contributed by atoms with Crippen LogP contribution in [0.25, 0.3) is 10.9 Å². The van der Waals surface area contributed by atoms with Gasteiger partial charge in [0.15, 0.2) is 0 Å². The molecule has 0 saturated carbocycles. The van der Waals surface area contributed by atoms with Crippen molar-refractivity contribution in [2.75, 3.05) is 5.32 Å². The highest BCUT2D eigenvalue weighted by Gasteiger charge is 2.09. The summed E-state index contributed by atoms with van der Waals surface area (Å²) in [6, 6.07) is 17.2. The molecule has 0 spiro atoms. The van der Waals surface area contributed by atoms with E-state index in [1.807, 2.05) is 12.3 Å². The third kappa shape index (κ3) is 2.89. The quantitative estimate of drug-likeness (QED) is 0.726. The number of para-hydroxylation sites is 1. The third-order valence-electron chi connectivity index (χ3n) is 3.75. The number of hydrogen-bond donors (Lipinski definition) is 1. The van der Waals surface area contributed by atoms with E-state index in [0.717, 1.165) is 16.6 Å². The van der Waals surface area contributed by atoms with Crippen LogP contribution in [0, 0.1) is 13.8 Å². The SMILES string of the molecule is Cc1cc(C)cc(C(C)Nc2cccc3cccnc23)c1. The van der Waals surface area contributed by atoms with Crippen molar-refractivity contribution >= 4 is 16.6 Å². The summed E-state index contributed by atoms with van der Waals surface area (Å²) in [7, 11) is 0. The molecule has 1 N–H and O–H groups in total. The number of pyridine rings is 1. The maximum absolute atomic E-state index is 4.50. The van der Waals surface area contributed by atoms with E-state index in [2.05, 4.69) is 73.5 Å². The summed E-state index contributed by atoms with van der Waals surface area (Å²) in [6.07, 6.45) is 1.84. The minimum absolute atomic E-state index is 0.246. The predicted octanol–water partition coefficient (Wildman–Crippen LogP) is 5.02. The van der Waals surface area contributed by atoms with Gasteiger partial charge in [0.2, 0.25) is 0 Å². The zero-order chi connectivity index (χ0) is 14.8. The first kappa shape index (κ1) is 13.6. The van der Waals surface area contributed by atoms with Crippen LogP contribution in [0.15, 0.2) is 54.7 Å². The number of aromatic nitrogens is 1. The lowest BCUT2D eigenvalue weighted by Crippen LogP contribution is -2.07. The summed E-state index contributed by atoms with van der Waals surface area (Å²) in [5.41, 5.74) is 6.01. The highest BCUT2D eigenvalue weighted by Crippen LogP contribution is 2.26. The van der Waals surface area contributed by atoms with Gasteiger partial charge in [-0.3, -0.25) is 4.98 Å². The molecule has 1 atom stereocenters. The summed E-state index contributed by atoms with van der Waals surface area (Å²) in [5, 5.41) is 4.76. The van der Waals surface area contributed by atoms with Crippen molar-refractivity contribution in [3.05, 3.63) is 71.4 Å². The van der Waals surface area contributed by atoms with Gasteiger partial charge < -0.3 is 5.32 Å². The van der Waals surface area contributed by atoms with Gasteiger partial charge in [-0.15, -0.1) is 0 Å². The summed E-state index contributed by atoms with van der Waals surface area (Å²) < 4.78 is 0. The molecule has 2 heteroatoms. The first-order valence-corrected chi connectivity index (χ1v) is 7.32. The van der Waals surface area contributed by atoms with E-state index in [4.69, 9.17) is 0 Å². The van der Waals surface area contributed by atoms with Crippen molar-refractivity contribution in [1.82, 2.24) is 4.98 Å². The van der Waals surface area contributed by atoms with Crippen LogP contribution in [0.3, 0.4) is 0 Å². The van der Waals surface area contributed by atoms with Crippen LogP contribution >= 0.6 is 0 Å². The molecule has 106 valence electrons. The van der Waals surface area contributed by atoms with Crippen LogP contribution in [-0.2, 0) is 0 Å². The molecule has 21 heavy (non-hydrogen) atoms. The van der Waals surface area contributed by atoms with Gasteiger partial charge in [-0.05, 0) is 38.5 Å². The Balaban J connectivity index is 1.94. The predicted molar refractivity (Wildman–Crippen MR) is 89.7 cm³/mol. The van der Waals surface area contributed by atoms with E-state index in [9.17, 15) is 0 Å². The fourth-order valence-corrected chi connectivity index (χ4v) is 2.80. The van der Waals surface area contributed by atoms with Crippen molar-refractivity contribution < 1.29 is 0 Å². The van der Waals surface area contributed by atoms with Crippen molar-refractivity contribution in [3.8, 4) is 0 Å². The minimum Gasteiger partial charge on any atom is -0.377 e. The fourth-order valence-electron chi connectivity index (χ4n) is 2.80. The van der Waals surface area contributed by atoms with Crippen LogP contribution in [0.4, 0.5) is 5.69 Å². The Kier molecular flexibility index (Phi) is 3.61. The van der Waals surface area contributed by atoms with E-state index in [0.29, 0.717) is 0 Å². The lowest BCUT2D eigenvalue weighted by atomic mass is 10.0. The molecule has 0 aliphatic carbocycles. The molecule has 3 aromatic rings. The number of nitrogens with one attached hydrogen (secondary N) is 1. The fraction of sp³-hybridized carbons (Fsp3) is 0.211. The zero-order valence-electron chi connectivity index (χ0n) is 12.7. The average molecular weight is 276 g/mol. The molecular formula is C19H20N2. The Hall–Kier alpha value is -2.35. The van der Waals surface area contributed by atoms with Crippen molar-refractivity contribution in [2.24, 2.45) is 0 Å². The number of fused-ring (bicyclic) bond motifs is 1. The van der Waals surface area contributed by atoms with Gasteiger partial charge in [-0.25, -0.2) is 0 Å². The van der Waals surface area contributed by atoms with Gasteiger partial charge in [0.1, 0.15) is 0 Å². The minimum atomic E-state index is 0.246. The lowest BCUT2D eigenvalue weighted by Gasteiger charge is -2.18. The van der Waals surface area contributed by atoms with Crippen LogP contribution in [0.1, 0.15) is 29.7 Å². The Bertz CT molecular complexity index is 752. The Morgan fingerprint density at radius 1 is 0.952 bits per heavy atom.